The predicted octanol–water partition coefficient (Wildman–Crippen LogP) is 20.8. The Kier molecular flexibility index (Phi) is 57.2. The van der Waals surface area contributed by atoms with E-state index in [1.807, 2.05) is 0 Å². The van der Waals surface area contributed by atoms with Gasteiger partial charge >= 0.3 is 17.9 Å². The van der Waals surface area contributed by atoms with Crippen LogP contribution in [0.1, 0.15) is 335 Å². The molecule has 0 aromatic heterocycles. The van der Waals surface area contributed by atoms with Crippen molar-refractivity contribution < 1.29 is 28.6 Å². The Bertz CT molecular complexity index is 1170. The summed E-state index contributed by atoms with van der Waals surface area (Å²) in [6.07, 6.45) is 71.6. The molecule has 0 aromatic carbocycles. The van der Waals surface area contributed by atoms with Crippen LogP contribution in [0.5, 0.6) is 0 Å². The maximum Gasteiger partial charge on any atom is 0.306 e. The number of allylic oxidation sites excluding steroid dienone is 6. The van der Waals surface area contributed by atoms with Crippen LogP contribution in [-0.4, -0.2) is 37.2 Å². The molecule has 0 aliphatic rings. The molecule has 0 bridgehead atoms. The molecule has 0 rings (SSSR count). The van der Waals surface area contributed by atoms with Crippen LogP contribution in [0.4, 0.5) is 0 Å². The molecular formula is C64H118O6. The Morgan fingerprint density at radius 1 is 0.286 bits per heavy atom. The summed E-state index contributed by atoms with van der Waals surface area (Å²) in [6, 6.07) is 0. The Morgan fingerprint density at radius 3 is 0.800 bits per heavy atom. The van der Waals surface area contributed by atoms with Gasteiger partial charge in [0.15, 0.2) is 6.10 Å². The molecule has 0 saturated heterocycles. The number of hydrogen-bond acceptors (Lipinski definition) is 6. The predicted molar refractivity (Wildman–Crippen MR) is 302 cm³/mol. The van der Waals surface area contributed by atoms with Gasteiger partial charge in [-0.25, -0.2) is 0 Å². The van der Waals surface area contributed by atoms with Gasteiger partial charge in [-0.2, -0.15) is 0 Å². The van der Waals surface area contributed by atoms with Crippen LogP contribution in [-0.2, 0) is 28.6 Å². The van der Waals surface area contributed by atoms with Gasteiger partial charge in [0.1, 0.15) is 13.2 Å². The highest BCUT2D eigenvalue weighted by Crippen LogP contribution is 2.17. The Morgan fingerprint density at radius 2 is 0.514 bits per heavy atom. The minimum Gasteiger partial charge on any atom is -0.462 e. The average molecular weight is 984 g/mol. The first-order valence-corrected chi connectivity index (χ1v) is 31.0. The summed E-state index contributed by atoms with van der Waals surface area (Å²) in [7, 11) is 0. The molecule has 1 unspecified atom stereocenters. The molecule has 0 N–H and O–H groups in total. The van der Waals surface area contributed by atoms with Crippen LogP contribution in [0.3, 0.4) is 0 Å². The summed E-state index contributed by atoms with van der Waals surface area (Å²) >= 11 is 0. The fourth-order valence-electron chi connectivity index (χ4n) is 9.22. The molecule has 0 aliphatic carbocycles. The van der Waals surface area contributed by atoms with Crippen molar-refractivity contribution in [1.29, 1.82) is 0 Å². The van der Waals surface area contributed by atoms with Gasteiger partial charge in [-0.3, -0.25) is 14.4 Å². The SMILES string of the molecule is CCCCCCC/C=C\C/C=C\C/C=C\CCCCCCCCCCCCCCC(=O)OCC(COC(=O)CCCCCCCCCC)OC(=O)CCCCCCCCCCCCCCCCCCC. The van der Waals surface area contributed by atoms with Crippen LogP contribution >= 0.6 is 0 Å². The van der Waals surface area contributed by atoms with E-state index in [0.29, 0.717) is 19.3 Å². The number of unbranched alkanes of at least 4 members (excludes halogenated alkanes) is 40. The van der Waals surface area contributed by atoms with E-state index in [2.05, 4.69) is 57.2 Å². The van der Waals surface area contributed by atoms with Gasteiger partial charge in [-0.15, -0.1) is 0 Å². The smallest absolute Gasteiger partial charge is 0.306 e. The van der Waals surface area contributed by atoms with Gasteiger partial charge in [0.2, 0.25) is 0 Å². The fourth-order valence-corrected chi connectivity index (χ4v) is 9.22. The lowest BCUT2D eigenvalue weighted by Gasteiger charge is -2.18. The maximum atomic E-state index is 12.8. The van der Waals surface area contributed by atoms with E-state index in [1.54, 1.807) is 0 Å². The zero-order valence-electron chi connectivity index (χ0n) is 47.1. The van der Waals surface area contributed by atoms with Crippen LogP contribution < -0.4 is 0 Å². The largest absolute Gasteiger partial charge is 0.462 e. The number of rotatable bonds is 57. The first-order chi connectivity index (χ1) is 34.5. The topological polar surface area (TPSA) is 78.9 Å². The summed E-state index contributed by atoms with van der Waals surface area (Å²) in [5.74, 6) is -0.853. The standard InChI is InChI=1S/C64H118O6/c1-4-7-10-13-16-19-21-23-25-27-28-29-30-31-32-33-34-35-36-38-39-41-43-45-48-51-54-57-63(66)69-60-61(59-68-62(65)56-53-50-47-18-15-12-9-6-3)70-64(67)58-55-52-49-46-44-42-40-37-26-24-22-20-17-14-11-8-5-2/h21,23,27-28,30-31,61H,4-20,22,24-26,29,32-60H2,1-3H3/b23-21-,28-27-,31-30-. The van der Waals surface area contributed by atoms with Crippen molar-refractivity contribution in [3.63, 3.8) is 0 Å². The van der Waals surface area contributed by atoms with E-state index in [0.717, 1.165) is 70.6 Å². The number of esters is 3. The molecule has 0 heterocycles. The molecule has 0 saturated carbocycles. The number of ether oxygens (including phenoxy) is 3. The highest BCUT2D eigenvalue weighted by molar-refractivity contribution is 5.71. The van der Waals surface area contributed by atoms with Crippen molar-refractivity contribution in [1.82, 2.24) is 0 Å². The Balaban J connectivity index is 4.12. The van der Waals surface area contributed by atoms with Crippen molar-refractivity contribution in [2.75, 3.05) is 13.2 Å². The highest BCUT2D eigenvalue weighted by Gasteiger charge is 2.19. The second-order valence-electron chi connectivity index (χ2n) is 21.0. The van der Waals surface area contributed by atoms with Gasteiger partial charge < -0.3 is 14.2 Å². The maximum absolute atomic E-state index is 12.8. The summed E-state index contributed by atoms with van der Waals surface area (Å²) in [4.78, 5) is 38.1. The molecule has 70 heavy (non-hydrogen) atoms. The van der Waals surface area contributed by atoms with Crippen molar-refractivity contribution in [3.8, 4) is 0 Å². The summed E-state index contributed by atoms with van der Waals surface area (Å²) < 4.78 is 16.8. The molecule has 0 fully saturated rings. The molecule has 0 spiro atoms. The number of carbonyl (C=O) groups excluding carboxylic acids is 3. The van der Waals surface area contributed by atoms with Gasteiger partial charge in [-0.05, 0) is 57.8 Å². The second kappa shape index (κ2) is 59.2. The molecule has 6 nitrogen and oxygen atoms in total. The van der Waals surface area contributed by atoms with Gasteiger partial charge in [-0.1, -0.05) is 295 Å². The summed E-state index contributed by atoms with van der Waals surface area (Å²) in [5, 5.41) is 0. The molecule has 410 valence electrons. The second-order valence-corrected chi connectivity index (χ2v) is 21.0. The third-order valence-electron chi connectivity index (χ3n) is 13.9. The number of carbonyl (C=O) groups is 3. The Labute approximate surface area is 435 Å². The molecular weight excluding hydrogens is 865 g/mol. The molecule has 0 radical (unpaired) electrons. The van der Waals surface area contributed by atoms with E-state index in [4.69, 9.17) is 14.2 Å². The molecule has 0 amide bonds. The van der Waals surface area contributed by atoms with Crippen molar-refractivity contribution >= 4 is 17.9 Å². The lowest BCUT2D eigenvalue weighted by molar-refractivity contribution is -0.167. The summed E-state index contributed by atoms with van der Waals surface area (Å²) in [5.41, 5.74) is 0. The van der Waals surface area contributed by atoms with E-state index in [1.165, 1.54) is 225 Å². The lowest BCUT2D eigenvalue weighted by Crippen LogP contribution is -2.30. The average Bonchev–Trinajstić information content (AvgIpc) is 3.36. The fraction of sp³-hybridized carbons (Fsp3) is 0.859. The van der Waals surface area contributed by atoms with Gasteiger partial charge in [0, 0.05) is 19.3 Å². The monoisotopic (exact) mass is 983 g/mol. The number of hydrogen-bond donors (Lipinski definition) is 0. The minimum atomic E-state index is -0.767. The highest BCUT2D eigenvalue weighted by atomic mass is 16.6. The van der Waals surface area contributed by atoms with Gasteiger partial charge in [0.05, 0.1) is 0 Å². The van der Waals surface area contributed by atoms with Crippen LogP contribution in [0.15, 0.2) is 36.5 Å². The van der Waals surface area contributed by atoms with Crippen molar-refractivity contribution in [2.24, 2.45) is 0 Å². The van der Waals surface area contributed by atoms with E-state index < -0.39 is 6.10 Å². The molecule has 0 aromatic rings. The minimum absolute atomic E-state index is 0.0676. The normalized spacial score (nSPS) is 12.2. The zero-order chi connectivity index (χ0) is 50.7. The zero-order valence-corrected chi connectivity index (χ0v) is 47.1. The van der Waals surface area contributed by atoms with Gasteiger partial charge in [0.25, 0.3) is 0 Å². The van der Waals surface area contributed by atoms with E-state index in [-0.39, 0.29) is 31.1 Å². The molecule has 6 heteroatoms. The lowest BCUT2D eigenvalue weighted by atomic mass is 10.0. The van der Waals surface area contributed by atoms with Crippen LogP contribution in [0.2, 0.25) is 0 Å². The quantitative estimate of drug-likeness (QED) is 0.0261. The molecule has 0 aliphatic heterocycles. The van der Waals surface area contributed by atoms with E-state index in [9.17, 15) is 14.4 Å². The van der Waals surface area contributed by atoms with Crippen molar-refractivity contribution in [3.05, 3.63) is 36.5 Å². The van der Waals surface area contributed by atoms with Crippen LogP contribution in [0, 0.1) is 0 Å². The van der Waals surface area contributed by atoms with E-state index >= 15 is 0 Å². The van der Waals surface area contributed by atoms with Crippen molar-refractivity contribution in [2.45, 2.75) is 341 Å². The van der Waals surface area contributed by atoms with Crippen LogP contribution in [0.25, 0.3) is 0 Å². The summed E-state index contributed by atoms with van der Waals surface area (Å²) in [6.45, 7) is 6.65. The first-order valence-electron chi connectivity index (χ1n) is 31.0. The third-order valence-corrected chi connectivity index (χ3v) is 13.9. The first kappa shape index (κ1) is 67.6. The Hall–Kier alpha value is -2.37. The third kappa shape index (κ3) is 56.5. The molecule has 1 atom stereocenters.